The maximum atomic E-state index is 12.7. The van der Waals surface area contributed by atoms with E-state index in [9.17, 15) is 22.8 Å². The van der Waals surface area contributed by atoms with Crippen LogP contribution in [0.15, 0.2) is 18.2 Å². The first kappa shape index (κ1) is 18.4. The summed E-state index contributed by atoms with van der Waals surface area (Å²) in [6.45, 7) is 3.00. The second-order valence-corrected chi connectivity index (χ2v) is 5.84. The maximum absolute atomic E-state index is 12.7. The lowest BCUT2D eigenvalue weighted by molar-refractivity contribution is -0.137. The van der Waals surface area contributed by atoms with Crippen molar-refractivity contribution in [3.8, 4) is 0 Å². The Balaban J connectivity index is 1.94. The van der Waals surface area contributed by atoms with Gasteiger partial charge in [0.25, 0.3) is 0 Å². The Hall–Kier alpha value is -1.96. The fourth-order valence-corrected chi connectivity index (χ4v) is 2.57. The van der Waals surface area contributed by atoms with Crippen LogP contribution < -0.4 is 5.32 Å². The highest BCUT2D eigenvalue weighted by Gasteiger charge is 2.31. The van der Waals surface area contributed by atoms with Crippen molar-refractivity contribution in [2.24, 2.45) is 0 Å². The van der Waals surface area contributed by atoms with Gasteiger partial charge >= 0.3 is 6.18 Å². The molecule has 5 nitrogen and oxygen atoms in total. The number of piperazine rings is 1. The average molecular weight is 364 g/mol. The van der Waals surface area contributed by atoms with Gasteiger partial charge in [-0.1, -0.05) is 11.6 Å². The number of carbonyl (C=O) groups is 2. The zero-order valence-electron chi connectivity index (χ0n) is 13.0. The lowest BCUT2D eigenvalue weighted by Gasteiger charge is -2.34. The molecule has 1 fully saturated rings. The number of hydrogen-bond acceptors (Lipinski definition) is 3. The smallest absolute Gasteiger partial charge is 0.375 e. The number of nitrogens with one attached hydrogen (secondary N) is 1. The van der Waals surface area contributed by atoms with Gasteiger partial charge in [0.05, 0.1) is 22.8 Å². The maximum Gasteiger partial charge on any atom is 0.416 e. The summed E-state index contributed by atoms with van der Waals surface area (Å²) in [5, 5.41) is 2.76. The summed E-state index contributed by atoms with van der Waals surface area (Å²) < 4.78 is 38.1. The molecule has 1 aromatic rings. The minimum Gasteiger partial charge on any atom is -0.375 e. The topological polar surface area (TPSA) is 52.7 Å². The number of rotatable bonds is 3. The van der Waals surface area contributed by atoms with Crippen LogP contribution in [0, 0.1) is 0 Å². The van der Waals surface area contributed by atoms with E-state index in [-0.39, 0.29) is 29.1 Å². The molecule has 1 saturated heterocycles. The van der Waals surface area contributed by atoms with Crippen LogP contribution in [0.2, 0.25) is 5.02 Å². The van der Waals surface area contributed by atoms with Gasteiger partial charge in [-0.25, -0.2) is 0 Å². The van der Waals surface area contributed by atoms with E-state index in [1.807, 2.05) is 0 Å². The summed E-state index contributed by atoms with van der Waals surface area (Å²) in [5.74, 6) is -0.303. The molecule has 1 heterocycles. The van der Waals surface area contributed by atoms with Crippen molar-refractivity contribution in [1.29, 1.82) is 0 Å². The van der Waals surface area contributed by atoms with Gasteiger partial charge in [0.2, 0.25) is 11.8 Å². The van der Waals surface area contributed by atoms with Crippen LogP contribution in [-0.4, -0.2) is 54.3 Å². The third kappa shape index (κ3) is 4.53. The zero-order valence-corrected chi connectivity index (χ0v) is 13.7. The van der Waals surface area contributed by atoms with Crippen LogP contribution in [0.5, 0.6) is 0 Å². The number of amides is 2. The number of hydrogen-bond donors (Lipinski definition) is 1. The quantitative estimate of drug-likeness (QED) is 0.897. The van der Waals surface area contributed by atoms with Crippen molar-refractivity contribution in [2.45, 2.75) is 13.1 Å². The lowest BCUT2D eigenvalue weighted by Crippen LogP contribution is -2.51. The number of nitrogens with zero attached hydrogens (tertiary/aromatic N) is 2. The SMILES string of the molecule is CC(=O)N1CCN(C(=O)CNc2cc(C(F)(F)F)ccc2Cl)CC1. The molecule has 2 rings (SSSR count). The van der Waals surface area contributed by atoms with E-state index in [0.717, 1.165) is 18.2 Å². The molecule has 0 spiro atoms. The monoisotopic (exact) mass is 363 g/mol. The lowest BCUT2D eigenvalue weighted by atomic mass is 10.2. The molecule has 0 atom stereocenters. The van der Waals surface area contributed by atoms with Crippen molar-refractivity contribution in [2.75, 3.05) is 38.0 Å². The fraction of sp³-hybridized carbons (Fsp3) is 0.467. The van der Waals surface area contributed by atoms with Crippen molar-refractivity contribution in [3.63, 3.8) is 0 Å². The summed E-state index contributed by atoms with van der Waals surface area (Å²) in [4.78, 5) is 26.6. The molecule has 0 unspecified atom stereocenters. The third-order valence-corrected chi connectivity index (χ3v) is 4.13. The van der Waals surface area contributed by atoms with Gasteiger partial charge in [0.1, 0.15) is 0 Å². The molecule has 0 bridgehead atoms. The molecule has 0 aromatic heterocycles. The van der Waals surface area contributed by atoms with Crippen LogP contribution >= 0.6 is 11.6 Å². The first-order valence-electron chi connectivity index (χ1n) is 7.32. The number of alkyl halides is 3. The Kier molecular flexibility index (Phi) is 5.58. The van der Waals surface area contributed by atoms with Crippen LogP contribution in [0.4, 0.5) is 18.9 Å². The van der Waals surface area contributed by atoms with Crippen LogP contribution in [-0.2, 0) is 15.8 Å². The Bertz CT molecular complexity index is 629. The number of halogens is 4. The number of benzene rings is 1. The minimum absolute atomic E-state index is 0.0454. The highest BCUT2D eigenvalue weighted by atomic mass is 35.5. The molecular formula is C15H17ClF3N3O2. The number of carbonyl (C=O) groups excluding carboxylic acids is 2. The van der Waals surface area contributed by atoms with Gasteiger partial charge in [-0.2, -0.15) is 13.2 Å². The zero-order chi connectivity index (χ0) is 17.9. The standard InChI is InChI=1S/C15H17ClF3N3O2/c1-10(23)21-4-6-22(7-5-21)14(24)9-20-13-8-11(15(17,18)19)2-3-12(13)16/h2-3,8,20H,4-7,9H2,1H3. The third-order valence-electron chi connectivity index (χ3n) is 3.80. The van der Waals surface area contributed by atoms with Crippen molar-refractivity contribution in [3.05, 3.63) is 28.8 Å². The molecule has 9 heteroatoms. The Morgan fingerprint density at radius 3 is 2.29 bits per heavy atom. The predicted octanol–water partition coefficient (Wildman–Crippen LogP) is 2.46. The molecule has 1 aliphatic heterocycles. The van der Waals surface area contributed by atoms with E-state index in [0.29, 0.717) is 26.2 Å². The van der Waals surface area contributed by atoms with Crippen molar-refractivity contribution in [1.82, 2.24) is 9.80 Å². The fourth-order valence-electron chi connectivity index (χ4n) is 2.39. The molecule has 0 saturated carbocycles. The number of anilines is 1. The van der Waals surface area contributed by atoms with Gasteiger partial charge in [0.15, 0.2) is 0 Å². The largest absolute Gasteiger partial charge is 0.416 e. The molecule has 2 amide bonds. The van der Waals surface area contributed by atoms with E-state index < -0.39 is 11.7 Å². The Morgan fingerprint density at radius 2 is 1.75 bits per heavy atom. The molecule has 0 aliphatic carbocycles. The molecule has 24 heavy (non-hydrogen) atoms. The van der Waals surface area contributed by atoms with Gasteiger partial charge in [-0.15, -0.1) is 0 Å². The predicted molar refractivity (Wildman–Crippen MR) is 83.8 cm³/mol. The van der Waals surface area contributed by atoms with E-state index in [4.69, 9.17) is 11.6 Å². The molecule has 0 radical (unpaired) electrons. The normalized spacial score (nSPS) is 15.4. The van der Waals surface area contributed by atoms with Gasteiger partial charge < -0.3 is 15.1 Å². The molecule has 1 aliphatic rings. The van der Waals surface area contributed by atoms with E-state index in [1.54, 1.807) is 9.80 Å². The summed E-state index contributed by atoms with van der Waals surface area (Å²) in [7, 11) is 0. The highest BCUT2D eigenvalue weighted by molar-refractivity contribution is 6.33. The highest BCUT2D eigenvalue weighted by Crippen LogP contribution is 2.33. The summed E-state index contributed by atoms with van der Waals surface area (Å²) in [5.41, 5.74) is -0.779. The molecule has 1 N–H and O–H groups in total. The van der Waals surface area contributed by atoms with E-state index in [1.165, 1.54) is 6.92 Å². The second-order valence-electron chi connectivity index (χ2n) is 5.43. The molecular weight excluding hydrogens is 347 g/mol. The van der Waals surface area contributed by atoms with Crippen molar-refractivity contribution < 1.29 is 22.8 Å². The van der Waals surface area contributed by atoms with Crippen molar-refractivity contribution >= 4 is 29.1 Å². The van der Waals surface area contributed by atoms with Crippen LogP contribution in [0.25, 0.3) is 0 Å². The second kappa shape index (κ2) is 7.29. The van der Waals surface area contributed by atoms with Gasteiger partial charge in [-0.3, -0.25) is 9.59 Å². The Morgan fingerprint density at radius 1 is 1.17 bits per heavy atom. The van der Waals surface area contributed by atoms with Gasteiger partial charge in [0, 0.05) is 33.1 Å². The van der Waals surface area contributed by atoms with E-state index >= 15 is 0 Å². The Labute approximate surface area is 142 Å². The summed E-state index contributed by atoms with van der Waals surface area (Å²) in [6, 6.07) is 2.91. The average Bonchev–Trinajstić information content (AvgIpc) is 2.52. The summed E-state index contributed by atoms with van der Waals surface area (Å²) in [6.07, 6.45) is -4.48. The van der Waals surface area contributed by atoms with E-state index in [2.05, 4.69) is 5.32 Å². The van der Waals surface area contributed by atoms with Gasteiger partial charge in [-0.05, 0) is 18.2 Å². The van der Waals surface area contributed by atoms with Crippen LogP contribution in [0.3, 0.4) is 0 Å². The first-order chi connectivity index (χ1) is 11.2. The minimum atomic E-state index is -4.48. The molecule has 1 aromatic carbocycles. The first-order valence-corrected chi connectivity index (χ1v) is 7.70. The molecule has 132 valence electrons. The van der Waals surface area contributed by atoms with Crippen LogP contribution in [0.1, 0.15) is 12.5 Å². The summed E-state index contributed by atoms with van der Waals surface area (Å²) >= 11 is 5.87.